The number of carbonyl (C=O) groups is 2. The van der Waals surface area contributed by atoms with E-state index in [9.17, 15) is 9.59 Å². The van der Waals surface area contributed by atoms with Crippen LogP contribution < -0.4 is 5.32 Å². The molecule has 0 saturated carbocycles. The largest absolute Gasteiger partial charge is 0.466 e. The molecule has 7 nitrogen and oxygen atoms in total. The number of rotatable bonds is 5. The number of nitrogens with zero attached hydrogens (tertiary/aromatic N) is 3. The lowest BCUT2D eigenvalue weighted by atomic mass is 9.97. The van der Waals surface area contributed by atoms with Gasteiger partial charge >= 0.3 is 12.0 Å². The van der Waals surface area contributed by atoms with Crippen LogP contribution in [0.15, 0.2) is 66.7 Å². The van der Waals surface area contributed by atoms with Crippen LogP contribution in [0, 0.1) is 0 Å². The van der Waals surface area contributed by atoms with Crippen LogP contribution in [0.5, 0.6) is 0 Å². The number of hydrogen-bond acceptors (Lipinski definition) is 5. The van der Waals surface area contributed by atoms with Crippen molar-refractivity contribution in [1.29, 1.82) is 0 Å². The molecule has 1 aromatic heterocycles. The molecule has 27 heavy (non-hydrogen) atoms. The molecule has 7 heteroatoms. The number of allylic oxidation sites excluding steroid dienone is 1. The van der Waals surface area contributed by atoms with Crippen molar-refractivity contribution in [1.82, 2.24) is 20.2 Å². The van der Waals surface area contributed by atoms with Gasteiger partial charge in [-0.2, -0.15) is 0 Å². The number of esters is 1. The lowest BCUT2D eigenvalue weighted by Crippen LogP contribution is -2.48. The van der Waals surface area contributed by atoms with Crippen LogP contribution in [-0.4, -0.2) is 40.5 Å². The summed E-state index contributed by atoms with van der Waals surface area (Å²) in [4.78, 5) is 35.0. The molecule has 2 amide bonds. The van der Waals surface area contributed by atoms with Crippen molar-refractivity contribution in [2.45, 2.75) is 13.0 Å². The fraction of sp³-hybridized carbons (Fsp3) is 0.200. The zero-order chi connectivity index (χ0) is 19.4. The Bertz CT molecular complexity index is 891. The number of urea groups is 1. The third-order valence-corrected chi connectivity index (χ3v) is 4.35. The first-order valence-corrected chi connectivity index (χ1v) is 8.42. The normalized spacial score (nSPS) is 16.7. The zero-order valence-electron chi connectivity index (χ0n) is 15.2. The number of amides is 2. The lowest BCUT2D eigenvalue weighted by molar-refractivity contribution is -0.136. The average Bonchev–Trinajstić information content (AvgIpc) is 2.71. The zero-order valence-corrected chi connectivity index (χ0v) is 15.2. The van der Waals surface area contributed by atoms with Crippen molar-refractivity contribution in [2.75, 3.05) is 13.7 Å². The van der Waals surface area contributed by atoms with E-state index >= 15 is 0 Å². The smallest absolute Gasteiger partial charge is 0.337 e. The molecule has 1 aliphatic heterocycles. The monoisotopic (exact) mass is 364 g/mol. The Hall–Kier alpha value is -3.48. The molecule has 2 aromatic rings. The Morgan fingerprint density at radius 3 is 2.56 bits per heavy atom. The van der Waals surface area contributed by atoms with E-state index in [0.717, 1.165) is 5.56 Å². The molecule has 1 atom stereocenters. The highest BCUT2D eigenvalue weighted by Crippen LogP contribution is 2.31. The molecule has 0 bridgehead atoms. The Balaban J connectivity index is 2.00. The predicted octanol–water partition coefficient (Wildman–Crippen LogP) is 2.84. The van der Waals surface area contributed by atoms with E-state index in [2.05, 4.69) is 21.9 Å². The highest BCUT2D eigenvalue weighted by Gasteiger charge is 2.36. The third-order valence-electron chi connectivity index (χ3n) is 4.35. The number of nitrogens with one attached hydrogen (secondary N) is 1. The summed E-state index contributed by atoms with van der Waals surface area (Å²) in [5, 5.41) is 2.82. The molecule has 3 rings (SSSR count). The number of hydrogen-bond donors (Lipinski definition) is 1. The molecule has 0 spiro atoms. The van der Waals surface area contributed by atoms with Crippen molar-refractivity contribution in [3.05, 3.63) is 72.2 Å². The van der Waals surface area contributed by atoms with E-state index < -0.39 is 12.0 Å². The highest BCUT2D eigenvalue weighted by atomic mass is 16.5. The summed E-state index contributed by atoms with van der Waals surface area (Å²) in [6.45, 7) is 5.64. The Morgan fingerprint density at radius 2 is 1.96 bits per heavy atom. The molecule has 1 N–H and O–H groups in total. The average molecular weight is 364 g/mol. The van der Waals surface area contributed by atoms with Gasteiger partial charge in [-0.25, -0.2) is 19.6 Å². The van der Waals surface area contributed by atoms with Gasteiger partial charge in [0.05, 0.1) is 18.7 Å². The summed E-state index contributed by atoms with van der Waals surface area (Å²) < 4.78 is 4.93. The van der Waals surface area contributed by atoms with Crippen LogP contribution in [0.3, 0.4) is 0 Å². The third kappa shape index (κ3) is 3.57. The van der Waals surface area contributed by atoms with Crippen molar-refractivity contribution >= 4 is 12.0 Å². The standard InChI is InChI=1S/C20H20N4O3/c1-4-10-24-13(2)16(19(25)27-3)17(23-20(24)26)15-11-21-18(22-12-15)14-8-6-5-7-9-14/h4-9,11-12,17H,1,10H2,2-3H3,(H,23,26)/t17-/m0/s1. The van der Waals surface area contributed by atoms with Crippen LogP contribution in [0.25, 0.3) is 11.4 Å². The van der Waals surface area contributed by atoms with Gasteiger partial charge < -0.3 is 10.1 Å². The number of benzene rings is 1. The quantitative estimate of drug-likeness (QED) is 0.651. The number of carbonyl (C=O) groups excluding carboxylic acids is 2. The van der Waals surface area contributed by atoms with Gasteiger partial charge in [0.1, 0.15) is 0 Å². The first-order valence-electron chi connectivity index (χ1n) is 8.42. The molecule has 1 aliphatic rings. The molecular weight excluding hydrogens is 344 g/mol. The molecule has 0 saturated heterocycles. The van der Waals surface area contributed by atoms with E-state index in [1.807, 2.05) is 30.3 Å². The molecule has 0 unspecified atom stereocenters. The van der Waals surface area contributed by atoms with Gasteiger partial charge in [0.15, 0.2) is 5.82 Å². The first-order chi connectivity index (χ1) is 13.1. The van der Waals surface area contributed by atoms with Gasteiger partial charge in [0.25, 0.3) is 0 Å². The first kappa shape index (κ1) is 18.3. The van der Waals surface area contributed by atoms with Crippen LogP contribution in [-0.2, 0) is 9.53 Å². The predicted molar refractivity (Wildman–Crippen MR) is 100 cm³/mol. The molecule has 138 valence electrons. The fourth-order valence-electron chi connectivity index (χ4n) is 2.98. The second-order valence-corrected chi connectivity index (χ2v) is 5.98. The van der Waals surface area contributed by atoms with E-state index in [0.29, 0.717) is 22.7 Å². The second kappa shape index (κ2) is 7.82. The van der Waals surface area contributed by atoms with Crippen molar-refractivity contribution < 1.29 is 14.3 Å². The Morgan fingerprint density at radius 1 is 1.30 bits per heavy atom. The maximum absolute atomic E-state index is 12.5. The number of ether oxygens (including phenoxy) is 1. The van der Waals surface area contributed by atoms with E-state index in [1.165, 1.54) is 12.0 Å². The summed E-state index contributed by atoms with van der Waals surface area (Å²) in [7, 11) is 1.31. The minimum Gasteiger partial charge on any atom is -0.466 e. The SMILES string of the molecule is C=CCN1C(=O)N[C@@H](c2cnc(-c3ccccc3)nc2)C(C(=O)OC)=C1C. The number of methoxy groups -OCH3 is 1. The van der Waals surface area contributed by atoms with Crippen molar-refractivity contribution in [3.63, 3.8) is 0 Å². The van der Waals surface area contributed by atoms with E-state index in [-0.39, 0.29) is 12.6 Å². The Kier molecular flexibility index (Phi) is 5.30. The van der Waals surface area contributed by atoms with Gasteiger partial charge in [0.2, 0.25) is 0 Å². The van der Waals surface area contributed by atoms with Gasteiger partial charge in [-0.15, -0.1) is 6.58 Å². The van der Waals surface area contributed by atoms with E-state index in [4.69, 9.17) is 4.74 Å². The van der Waals surface area contributed by atoms with Crippen molar-refractivity contribution in [3.8, 4) is 11.4 Å². The lowest BCUT2D eigenvalue weighted by Gasteiger charge is -2.34. The number of aromatic nitrogens is 2. The summed E-state index contributed by atoms with van der Waals surface area (Å²) in [6, 6.07) is 8.55. The van der Waals surface area contributed by atoms with Gasteiger partial charge in [-0.1, -0.05) is 36.4 Å². The summed E-state index contributed by atoms with van der Waals surface area (Å²) in [5.74, 6) is 0.0498. The van der Waals surface area contributed by atoms with Crippen molar-refractivity contribution in [2.24, 2.45) is 0 Å². The minimum atomic E-state index is -0.684. The maximum Gasteiger partial charge on any atom is 0.337 e. The summed E-state index contributed by atoms with van der Waals surface area (Å²) >= 11 is 0. The van der Waals surface area contributed by atoms with Crippen LogP contribution >= 0.6 is 0 Å². The maximum atomic E-state index is 12.5. The van der Waals surface area contributed by atoms with Gasteiger partial charge in [0, 0.05) is 35.8 Å². The van der Waals surface area contributed by atoms with Crippen LogP contribution in [0.1, 0.15) is 18.5 Å². The molecule has 1 aromatic carbocycles. The van der Waals surface area contributed by atoms with Crippen LogP contribution in [0.2, 0.25) is 0 Å². The van der Waals surface area contributed by atoms with Crippen LogP contribution in [0.4, 0.5) is 4.79 Å². The molecule has 0 aliphatic carbocycles. The molecular formula is C20H20N4O3. The minimum absolute atomic E-state index is 0.286. The van der Waals surface area contributed by atoms with Gasteiger partial charge in [-0.05, 0) is 6.92 Å². The molecule has 0 fully saturated rings. The summed E-state index contributed by atoms with van der Waals surface area (Å²) in [6.07, 6.45) is 4.81. The Labute approximate surface area is 157 Å². The summed E-state index contributed by atoms with van der Waals surface area (Å²) in [5.41, 5.74) is 2.34. The molecule has 0 radical (unpaired) electrons. The van der Waals surface area contributed by atoms with Gasteiger partial charge in [-0.3, -0.25) is 4.90 Å². The molecule has 2 heterocycles. The second-order valence-electron chi connectivity index (χ2n) is 5.98. The highest BCUT2D eigenvalue weighted by molar-refractivity contribution is 5.95. The fourth-order valence-corrected chi connectivity index (χ4v) is 2.98. The van der Waals surface area contributed by atoms with E-state index in [1.54, 1.807) is 25.4 Å². The topological polar surface area (TPSA) is 84.4 Å².